The molecular weight excluding hydrogens is 752 g/mol. The molecule has 0 saturated carbocycles. The summed E-state index contributed by atoms with van der Waals surface area (Å²) in [5.41, 5.74) is 3.64. The van der Waals surface area contributed by atoms with Gasteiger partial charge in [0.1, 0.15) is 29.7 Å². The molecule has 0 unspecified atom stereocenters. The lowest BCUT2D eigenvalue weighted by molar-refractivity contribution is 0.0680. The van der Waals surface area contributed by atoms with Gasteiger partial charge in [-0.25, -0.2) is 28.3 Å². The second-order valence-corrected chi connectivity index (χ2v) is 12.4. The SMILES string of the molecule is COc1ccc(C(=O)COc2cc(C(=O)O)nc3ccc(F)cc23)cc1OC.N#Cc1ccccc1-c1ccc(COc2cc(C(=O)O)nc3ccc(F)cc23)cc1. The number of carboxylic acids is 2. The normalized spacial score (nSPS) is 10.5. The zero-order valence-electron chi connectivity index (χ0n) is 30.7. The molecule has 2 aromatic heterocycles. The average molecular weight is 784 g/mol. The molecular formula is C44H31F2N3O9. The smallest absolute Gasteiger partial charge is 0.354 e. The molecule has 0 atom stereocenters. The van der Waals surface area contributed by atoms with E-state index in [4.69, 9.17) is 18.9 Å². The summed E-state index contributed by atoms with van der Waals surface area (Å²) in [5.74, 6) is -2.66. The molecule has 2 N–H and O–H groups in total. The number of halogens is 2. The van der Waals surface area contributed by atoms with Crippen molar-refractivity contribution in [1.82, 2.24) is 9.97 Å². The maximum Gasteiger partial charge on any atom is 0.354 e. The van der Waals surface area contributed by atoms with Gasteiger partial charge in [0.2, 0.25) is 0 Å². The van der Waals surface area contributed by atoms with Crippen molar-refractivity contribution < 1.29 is 52.3 Å². The van der Waals surface area contributed by atoms with Crippen LogP contribution in [0, 0.1) is 23.0 Å². The number of ketones is 1. The molecule has 0 aliphatic rings. The third-order valence-corrected chi connectivity index (χ3v) is 8.67. The molecule has 12 nitrogen and oxygen atoms in total. The minimum absolute atomic E-state index is 0.0516. The van der Waals surface area contributed by atoms with E-state index in [0.29, 0.717) is 33.5 Å². The monoisotopic (exact) mass is 783 g/mol. The number of ether oxygens (including phenoxy) is 4. The third kappa shape index (κ3) is 9.12. The third-order valence-electron chi connectivity index (χ3n) is 8.67. The number of fused-ring (bicyclic) bond motifs is 2. The molecule has 0 saturated heterocycles. The molecule has 0 aliphatic heterocycles. The second kappa shape index (κ2) is 17.7. The van der Waals surface area contributed by atoms with E-state index in [1.807, 2.05) is 42.5 Å². The van der Waals surface area contributed by atoms with Gasteiger partial charge in [-0.15, -0.1) is 0 Å². The molecule has 14 heteroatoms. The predicted molar refractivity (Wildman–Crippen MR) is 208 cm³/mol. The van der Waals surface area contributed by atoms with Crippen molar-refractivity contribution in [3.63, 3.8) is 0 Å². The van der Waals surface area contributed by atoms with Crippen LogP contribution in [0.15, 0.2) is 115 Å². The van der Waals surface area contributed by atoms with E-state index in [0.717, 1.165) is 22.8 Å². The Morgan fingerprint density at radius 1 is 0.655 bits per heavy atom. The number of benzene rings is 5. The first-order valence-corrected chi connectivity index (χ1v) is 17.2. The quantitative estimate of drug-likeness (QED) is 0.113. The number of Topliss-reactive ketones (excluding diaryl/α,β-unsaturated/α-hetero) is 1. The maximum atomic E-state index is 13.7. The minimum atomic E-state index is -1.26. The van der Waals surface area contributed by atoms with E-state index in [-0.39, 0.29) is 52.8 Å². The van der Waals surface area contributed by atoms with Crippen LogP contribution in [-0.4, -0.2) is 58.7 Å². The van der Waals surface area contributed by atoms with E-state index < -0.39 is 23.6 Å². The van der Waals surface area contributed by atoms with E-state index in [2.05, 4.69) is 16.0 Å². The van der Waals surface area contributed by atoms with Crippen LogP contribution in [-0.2, 0) is 6.61 Å². The molecule has 0 aliphatic carbocycles. The van der Waals surface area contributed by atoms with Crippen LogP contribution in [0.1, 0.15) is 42.5 Å². The second-order valence-electron chi connectivity index (χ2n) is 12.4. The summed E-state index contributed by atoms with van der Waals surface area (Å²) in [4.78, 5) is 43.1. The molecule has 0 bridgehead atoms. The van der Waals surface area contributed by atoms with E-state index >= 15 is 0 Å². The van der Waals surface area contributed by atoms with Crippen LogP contribution >= 0.6 is 0 Å². The van der Waals surface area contributed by atoms with Crippen molar-refractivity contribution in [3.05, 3.63) is 155 Å². The zero-order chi connectivity index (χ0) is 41.3. The number of hydrogen-bond acceptors (Lipinski definition) is 10. The lowest BCUT2D eigenvalue weighted by atomic mass is 9.99. The number of nitriles is 1. The number of carboxylic acid groups (broad SMARTS) is 2. The average Bonchev–Trinajstić information content (AvgIpc) is 3.24. The van der Waals surface area contributed by atoms with Crippen LogP contribution in [0.4, 0.5) is 8.78 Å². The minimum Gasteiger partial charge on any atom is -0.493 e. The topological polar surface area (TPSA) is 178 Å². The predicted octanol–water partition coefficient (Wildman–Crippen LogP) is 8.54. The van der Waals surface area contributed by atoms with Crippen LogP contribution in [0.3, 0.4) is 0 Å². The first-order chi connectivity index (χ1) is 28.0. The zero-order valence-corrected chi connectivity index (χ0v) is 30.7. The highest BCUT2D eigenvalue weighted by molar-refractivity contribution is 5.99. The van der Waals surface area contributed by atoms with E-state index in [1.54, 1.807) is 18.2 Å². The molecule has 0 amide bonds. The van der Waals surface area contributed by atoms with Crippen LogP contribution in [0.25, 0.3) is 32.9 Å². The fourth-order valence-corrected chi connectivity index (χ4v) is 5.80. The summed E-state index contributed by atoms with van der Waals surface area (Å²) in [7, 11) is 2.93. The van der Waals surface area contributed by atoms with Crippen molar-refractivity contribution in [3.8, 4) is 40.2 Å². The van der Waals surface area contributed by atoms with Crippen molar-refractivity contribution >= 4 is 39.5 Å². The van der Waals surface area contributed by atoms with Crippen molar-refractivity contribution in [2.75, 3.05) is 20.8 Å². The maximum absolute atomic E-state index is 13.7. The fraction of sp³-hybridized carbons (Fsp3) is 0.0909. The Hall–Kier alpha value is -7.92. The van der Waals surface area contributed by atoms with Crippen LogP contribution in [0.2, 0.25) is 0 Å². The van der Waals surface area contributed by atoms with Gasteiger partial charge in [0.05, 0.1) is 36.9 Å². The number of hydrogen-bond donors (Lipinski definition) is 2. The largest absolute Gasteiger partial charge is 0.493 e. The summed E-state index contributed by atoms with van der Waals surface area (Å²) < 4.78 is 48.9. The van der Waals surface area contributed by atoms with Crippen LogP contribution < -0.4 is 18.9 Å². The molecule has 0 fully saturated rings. The summed E-state index contributed by atoms with van der Waals surface area (Å²) in [6.45, 7) is -0.223. The molecule has 58 heavy (non-hydrogen) atoms. The standard InChI is InChI=1S/C24H15FN2O3.C20H16FNO6/c25-18-9-10-21-20(11-18)23(12-22(27-21)24(28)29)30-14-15-5-7-16(8-6-15)19-4-2-1-3-17(19)13-26;1-26-17-6-3-11(7-19(17)27-2)16(23)10-28-18-9-15(20(24)25)22-14-5-4-12(21)8-13(14)18/h1-12H,14H2,(H,28,29);3-9H,10H2,1-2H3,(H,24,25). The molecule has 7 rings (SSSR count). The number of pyridine rings is 2. The number of carbonyl (C=O) groups is 3. The first kappa shape index (κ1) is 39.8. The van der Waals surface area contributed by atoms with E-state index in [1.165, 1.54) is 62.8 Å². The van der Waals surface area contributed by atoms with Gasteiger partial charge in [0.15, 0.2) is 35.3 Å². The molecule has 5 aromatic carbocycles. The molecule has 2 heterocycles. The van der Waals surface area contributed by atoms with Gasteiger partial charge in [-0.05, 0) is 77.4 Å². The molecule has 0 radical (unpaired) electrons. The Balaban J connectivity index is 0.000000196. The number of carbonyl (C=O) groups excluding carboxylic acids is 1. The van der Waals surface area contributed by atoms with Crippen LogP contribution in [0.5, 0.6) is 23.0 Å². The van der Waals surface area contributed by atoms with Gasteiger partial charge < -0.3 is 29.2 Å². The molecule has 0 spiro atoms. The Morgan fingerprint density at radius 3 is 1.78 bits per heavy atom. The van der Waals surface area contributed by atoms with Crippen molar-refractivity contribution in [2.45, 2.75) is 6.61 Å². The van der Waals surface area contributed by atoms with E-state index in [9.17, 15) is 38.6 Å². The van der Waals surface area contributed by atoms with Crippen molar-refractivity contribution in [1.29, 1.82) is 5.26 Å². The highest BCUT2D eigenvalue weighted by atomic mass is 19.1. The van der Waals surface area contributed by atoms with Gasteiger partial charge >= 0.3 is 11.9 Å². The highest BCUT2D eigenvalue weighted by Crippen LogP contribution is 2.31. The fourth-order valence-electron chi connectivity index (χ4n) is 5.80. The molecule has 290 valence electrons. The van der Waals surface area contributed by atoms with Gasteiger partial charge in [-0.2, -0.15) is 5.26 Å². The highest BCUT2D eigenvalue weighted by Gasteiger charge is 2.17. The number of nitrogens with zero attached hydrogens (tertiary/aromatic N) is 3. The Bertz CT molecular complexity index is 2730. The van der Waals surface area contributed by atoms with Crippen molar-refractivity contribution in [2.24, 2.45) is 0 Å². The van der Waals surface area contributed by atoms with Gasteiger partial charge in [-0.1, -0.05) is 42.5 Å². The van der Waals surface area contributed by atoms with Gasteiger partial charge in [0, 0.05) is 28.5 Å². The Morgan fingerprint density at radius 2 is 1.22 bits per heavy atom. The summed E-state index contributed by atoms with van der Waals surface area (Å²) in [5, 5.41) is 28.4. The van der Waals surface area contributed by atoms with Gasteiger partial charge in [-0.3, -0.25) is 4.79 Å². The molecule has 7 aromatic rings. The Kier molecular flexibility index (Phi) is 12.1. The number of rotatable bonds is 12. The number of aromatic nitrogens is 2. The summed E-state index contributed by atoms with van der Waals surface area (Å²) >= 11 is 0. The summed E-state index contributed by atoms with van der Waals surface area (Å²) in [6.07, 6.45) is 0. The summed E-state index contributed by atoms with van der Waals surface area (Å²) in [6, 6.07) is 31.7. The number of aromatic carboxylic acids is 2. The number of methoxy groups -OCH3 is 2. The van der Waals surface area contributed by atoms with Gasteiger partial charge in [0.25, 0.3) is 0 Å². The Labute approximate surface area is 329 Å². The lowest BCUT2D eigenvalue weighted by Gasteiger charge is -2.11. The first-order valence-electron chi connectivity index (χ1n) is 17.2. The lowest BCUT2D eigenvalue weighted by Crippen LogP contribution is -2.13.